The molecule has 8 nitrogen and oxygen atoms in total. The van der Waals surface area contributed by atoms with Gasteiger partial charge in [0.25, 0.3) is 0 Å². The van der Waals surface area contributed by atoms with Gasteiger partial charge in [-0.1, -0.05) is 13.8 Å². The van der Waals surface area contributed by atoms with Crippen LogP contribution in [0.1, 0.15) is 33.1 Å². The number of anilines is 1. The summed E-state index contributed by atoms with van der Waals surface area (Å²) in [6.45, 7) is 4.74. The number of hydrogen-bond acceptors (Lipinski definition) is 6. The molecule has 0 saturated carbocycles. The number of aromatic nitrogens is 2. The van der Waals surface area contributed by atoms with Crippen molar-refractivity contribution in [3.63, 3.8) is 0 Å². The maximum absolute atomic E-state index is 13.2. The third kappa shape index (κ3) is 6.43. The molecule has 1 heterocycles. The topological polar surface area (TPSA) is 116 Å². The van der Waals surface area contributed by atoms with E-state index in [0.29, 0.717) is 42.7 Å². The van der Waals surface area contributed by atoms with Crippen molar-refractivity contribution in [3.8, 4) is 5.75 Å². The Labute approximate surface area is 177 Å². The largest absolute Gasteiger partial charge is 0.497 e. The molecule has 0 saturated heterocycles. The lowest BCUT2D eigenvalue weighted by atomic mass is 10.1. The molecule has 0 aliphatic rings. The first kappa shape index (κ1) is 24.2. The first-order chi connectivity index (χ1) is 14.5. The van der Waals surface area contributed by atoms with E-state index >= 15 is 0 Å². The highest BCUT2D eigenvalue weighted by molar-refractivity contribution is 5.95. The van der Waals surface area contributed by atoms with Gasteiger partial charge in [-0.05, 0) is 30.9 Å². The number of benzene rings is 1. The average molecular weight is 440 g/mol. The number of fused-ring (bicyclic) bond motifs is 1. The maximum atomic E-state index is 13.2. The number of hydrogen-bond donors (Lipinski definition) is 4. The van der Waals surface area contributed by atoms with E-state index < -0.39 is 17.5 Å². The molecule has 170 valence electrons. The summed E-state index contributed by atoms with van der Waals surface area (Å²) < 4.78 is 45.3. The number of alkyl halides is 3. The number of rotatable bonds is 9. The van der Waals surface area contributed by atoms with Crippen LogP contribution >= 0.6 is 0 Å². The zero-order valence-electron chi connectivity index (χ0n) is 17.7. The van der Waals surface area contributed by atoms with Crippen LogP contribution in [0, 0.1) is 16.7 Å². The zero-order valence-corrected chi connectivity index (χ0v) is 17.7. The van der Waals surface area contributed by atoms with Gasteiger partial charge in [0.1, 0.15) is 5.75 Å². The first-order valence-corrected chi connectivity index (χ1v) is 9.86. The van der Waals surface area contributed by atoms with Crippen molar-refractivity contribution in [1.82, 2.24) is 14.9 Å². The summed E-state index contributed by atoms with van der Waals surface area (Å²) in [5, 5.41) is 21.4. The number of nitrogens with one attached hydrogen (secondary N) is 4. The fourth-order valence-electron chi connectivity index (χ4n) is 2.92. The van der Waals surface area contributed by atoms with Crippen molar-refractivity contribution >= 4 is 28.6 Å². The van der Waals surface area contributed by atoms with E-state index in [1.54, 1.807) is 0 Å². The van der Waals surface area contributed by atoms with Gasteiger partial charge in [0, 0.05) is 25.6 Å². The lowest BCUT2D eigenvalue weighted by molar-refractivity contribution is -0.121. The molecule has 0 radical (unpaired) electrons. The highest BCUT2D eigenvalue weighted by atomic mass is 19.4. The predicted molar refractivity (Wildman–Crippen MR) is 112 cm³/mol. The number of halogens is 3. The Morgan fingerprint density at radius 2 is 1.94 bits per heavy atom. The van der Waals surface area contributed by atoms with Gasteiger partial charge in [0.05, 0.1) is 18.1 Å². The van der Waals surface area contributed by atoms with E-state index in [-0.39, 0.29) is 28.7 Å². The summed E-state index contributed by atoms with van der Waals surface area (Å²) in [5.41, 5.74) is -0.426. The molecule has 31 heavy (non-hydrogen) atoms. The number of carbonyl (C=O) groups excluding carboxylic acids is 1. The van der Waals surface area contributed by atoms with Crippen LogP contribution < -0.4 is 20.9 Å². The van der Waals surface area contributed by atoms with Crippen molar-refractivity contribution in [2.45, 2.75) is 39.3 Å². The number of unbranched alkanes of at least 4 members (excludes halogenated alkanes) is 1. The Hall–Kier alpha value is -3.11. The van der Waals surface area contributed by atoms with Gasteiger partial charge >= 0.3 is 6.18 Å². The fourth-order valence-corrected chi connectivity index (χ4v) is 2.92. The van der Waals surface area contributed by atoms with Crippen LogP contribution in [0.2, 0.25) is 0 Å². The van der Waals surface area contributed by atoms with Gasteiger partial charge in [0.2, 0.25) is 11.7 Å². The summed E-state index contributed by atoms with van der Waals surface area (Å²) in [7, 11) is 1.42. The van der Waals surface area contributed by atoms with Crippen LogP contribution in [-0.2, 0) is 4.79 Å². The van der Waals surface area contributed by atoms with Crippen LogP contribution in [0.3, 0.4) is 0 Å². The molecule has 0 aliphatic carbocycles. The third-order valence-electron chi connectivity index (χ3n) is 4.41. The number of amides is 1. The van der Waals surface area contributed by atoms with E-state index in [1.165, 1.54) is 25.3 Å². The predicted octanol–water partition coefficient (Wildman–Crippen LogP) is 3.27. The van der Waals surface area contributed by atoms with Crippen LogP contribution in [0.25, 0.3) is 11.0 Å². The van der Waals surface area contributed by atoms with Crippen LogP contribution in [0.15, 0.2) is 18.2 Å². The van der Waals surface area contributed by atoms with Gasteiger partial charge in [-0.25, -0.2) is 4.98 Å². The summed E-state index contributed by atoms with van der Waals surface area (Å²) >= 11 is 0. The van der Waals surface area contributed by atoms with Crippen molar-refractivity contribution in [1.29, 1.82) is 10.8 Å². The zero-order chi connectivity index (χ0) is 23.2. The standard InChI is InChI=1S/C20H27F3N6O2/c1-12(2)10-16(30)26-8-4-5-9-27-18-17(24)29(19(25)20(21,22)23)15-7-6-13(31-3)11-14(15)28-18/h6-7,11-12,24-25H,4-5,8-10H2,1-3H3,(H,26,30)(H,27,28). The lowest BCUT2D eigenvalue weighted by Crippen LogP contribution is -2.38. The minimum absolute atomic E-state index is 0.0201. The van der Waals surface area contributed by atoms with Crippen molar-refractivity contribution < 1.29 is 22.7 Å². The molecule has 0 aliphatic heterocycles. The number of nitrogens with zero attached hydrogens (tertiary/aromatic N) is 2. The number of ether oxygens (including phenoxy) is 1. The molecule has 0 unspecified atom stereocenters. The fraction of sp³-hybridized carbons (Fsp3) is 0.500. The minimum Gasteiger partial charge on any atom is -0.497 e. The van der Waals surface area contributed by atoms with Gasteiger partial charge < -0.3 is 15.4 Å². The molecule has 11 heteroatoms. The smallest absolute Gasteiger partial charge is 0.449 e. The van der Waals surface area contributed by atoms with E-state index in [9.17, 15) is 18.0 Å². The van der Waals surface area contributed by atoms with Crippen molar-refractivity contribution in [2.75, 3.05) is 25.5 Å². The number of carbonyl (C=O) groups is 1. The highest BCUT2D eigenvalue weighted by Gasteiger charge is 2.37. The van der Waals surface area contributed by atoms with Crippen LogP contribution in [0.5, 0.6) is 5.75 Å². The Kier molecular flexibility index (Phi) is 8.01. The van der Waals surface area contributed by atoms with Crippen LogP contribution in [-0.4, -0.2) is 47.7 Å². The first-order valence-electron chi connectivity index (χ1n) is 9.86. The van der Waals surface area contributed by atoms with Gasteiger partial charge in [-0.2, -0.15) is 13.2 Å². The molecule has 0 fully saturated rings. The summed E-state index contributed by atoms with van der Waals surface area (Å²) in [6.07, 6.45) is -3.21. The molecule has 0 atom stereocenters. The Morgan fingerprint density at radius 1 is 1.26 bits per heavy atom. The monoisotopic (exact) mass is 440 g/mol. The second kappa shape index (κ2) is 10.3. The molecule has 0 spiro atoms. The Bertz CT molecular complexity index is 1000. The normalized spacial score (nSPS) is 11.6. The molecular formula is C20H27F3N6O2. The molecular weight excluding hydrogens is 413 g/mol. The molecule has 1 aromatic carbocycles. The maximum Gasteiger partial charge on any atom is 0.449 e. The van der Waals surface area contributed by atoms with Gasteiger partial charge in [0.15, 0.2) is 11.3 Å². The van der Waals surface area contributed by atoms with Crippen molar-refractivity contribution in [2.24, 2.45) is 5.92 Å². The molecule has 1 aromatic heterocycles. The molecule has 2 aromatic rings. The van der Waals surface area contributed by atoms with E-state index in [1.807, 2.05) is 13.8 Å². The Morgan fingerprint density at radius 3 is 2.55 bits per heavy atom. The van der Waals surface area contributed by atoms with Gasteiger partial charge in [-0.15, -0.1) is 0 Å². The van der Waals surface area contributed by atoms with Crippen molar-refractivity contribution in [3.05, 3.63) is 23.7 Å². The SMILES string of the molecule is COc1ccc2c(c1)nc(NCCCCNC(=O)CC(C)C)c(=N)n2C(=N)C(F)(F)F. The van der Waals surface area contributed by atoms with E-state index in [4.69, 9.17) is 15.6 Å². The van der Waals surface area contributed by atoms with E-state index in [0.717, 1.165) is 0 Å². The Balaban J connectivity index is 2.16. The molecule has 2 rings (SSSR count). The highest BCUT2D eigenvalue weighted by Crippen LogP contribution is 2.23. The quantitative estimate of drug-likeness (QED) is 0.272. The summed E-state index contributed by atoms with van der Waals surface area (Å²) in [6, 6.07) is 4.23. The second-order valence-corrected chi connectivity index (χ2v) is 7.43. The molecule has 0 bridgehead atoms. The van der Waals surface area contributed by atoms with E-state index in [2.05, 4.69) is 15.6 Å². The molecule has 4 N–H and O–H groups in total. The lowest BCUT2D eigenvalue weighted by Gasteiger charge is -2.17. The minimum atomic E-state index is -4.93. The summed E-state index contributed by atoms with van der Waals surface area (Å²) in [5.74, 6) is -1.10. The van der Waals surface area contributed by atoms with Gasteiger partial charge in [-0.3, -0.25) is 20.2 Å². The number of methoxy groups -OCH3 is 1. The summed E-state index contributed by atoms with van der Waals surface area (Å²) in [4.78, 5) is 15.9. The average Bonchev–Trinajstić information content (AvgIpc) is 2.68. The second-order valence-electron chi connectivity index (χ2n) is 7.43. The third-order valence-corrected chi connectivity index (χ3v) is 4.41. The molecule has 1 amide bonds. The van der Waals surface area contributed by atoms with Crippen LogP contribution in [0.4, 0.5) is 19.0 Å².